The maximum absolute atomic E-state index is 12.0. The monoisotopic (exact) mass is 294 g/mol. The highest BCUT2D eigenvalue weighted by Crippen LogP contribution is 2.18. The summed E-state index contributed by atoms with van der Waals surface area (Å²) in [6.45, 7) is -2.88. The average Bonchev–Trinajstić information content (AvgIpc) is 2.49. The summed E-state index contributed by atoms with van der Waals surface area (Å²) in [5.74, 6) is 5.20. The van der Waals surface area contributed by atoms with Gasteiger partial charge in [-0.1, -0.05) is 0 Å². The fourth-order valence-corrected chi connectivity index (χ4v) is 1.57. The van der Waals surface area contributed by atoms with Crippen molar-refractivity contribution >= 4 is 17.4 Å². The molecule has 1 aromatic heterocycles. The molecule has 0 unspecified atom stereocenters. The van der Waals surface area contributed by atoms with E-state index < -0.39 is 6.61 Å². The summed E-state index contributed by atoms with van der Waals surface area (Å²) in [5.41, 5.74) is 3.13. The van der Waals surface area contributed by atoms with E-state index in [-0.39, 0.29) is 11.7 Å². The molecule has 0 spiro atoms. The molecule has 4 N–H and O–H groups in total. The Morgan fingerprint density at radius 3 is 2.57 bits per heavy atom. The molecular weight excluding hydrogens is 282 g/mol. The highest BCUT2D eigenvalue weighted by Gasteiger charge is 2.08. The van der Waals surface area contributed by atoms with Crippen LogP contribution in [0.15, 0.2) is 42.6 Å². The number of hydrazine groups is 1. The van der Waals surface area contributed by atoms with Gasteiger partial charge in [0, 0.05) is 17.4 Å². The number of nitrogen functional groups attached to an aromatic ring is 1. The van der Waals surface area contributed by atoms with Crippen molar-refractivity contribution in [2.24, 2.45) is 5.84 Å². The van der Waals surface area contributed by atoms with Gasteiger partial charge in [-0.05, 0) is 36.4 Å². The summed E-state index contributed by atoms with van der Waals surface area (Å²) < 4.78 is 28.2. The van der Waals surface area contributed by atoms with Crippen molar-refractivity contribution in [1.29, 1.82) is 0 Å². The normalized spacial score (nSPS) is 10.3. The molecule has 21 heavy (non-hydrogen) atoms. The second-order valence-corrected chi connectivity index (χ2v) is 3.93. The van der Waals surface area contributed by atoms with Gasteiger partial charge in [0.15, 0.2) is 0 Å². The Balaban J connectivity index is 2.05. The molecule has 1 heterocycles. The van der Waals surface area contributed by atoms with Crippen LogP contribution in [0.2, 0.25) is 0 Å². The highest BCUT2D eigenvalue weighted by molar-refractivity contribution is 6.04. The van der Waals surface area contributed by atoms with Gasteiger partial charge in [0.1, 0.15) is 11.6 Å². The standard InChI is InChI=1S/C13H12F2N4O2/c14-13(15)21-10-3-1-9(2-4-10)18-12(20)8-5-6-17-11(7-8)19-16/h1-7,13H,16H2,(H,17,19)(H,18,20). The zero-order valence-corrected chi connectivity index (χ0v) is 10.7. The number of pyridine rings is 1. The van der Waals surface area contributed by atoms with Crippen LogP contribution < -0.4 is 21.3 Å². The number of hydrogen-bond donors (Lipinski definition) is 3. The van der Waals surface area contributed by atoms with Gasteiger partial charge >= 0.3 is 6.61 Å². The van der Waals surface area contributed by atoms with E-state index in [0.29, 0.717) is 17.1 Å². The number of aromatic nitrogens is 1. The van der Waals surface area contributed by atoms with Gasteiger partial charge < -0.3 is 15.5 Å². The van der Waals surface area contributed by atoms with E-state index in [0.717, 1.165) is 0 Å². The largest absolute Gasteiger partial charge is 0.435 e. The van der Waals surface area contributed by atoms with Gasteiger partial charge in [-0.3, -0.25) is 4.79 Å². The summed E-state index contributed by atoms with van der Waals surface area (Å²) in [6, 6.07) is 8.58. The number of ether oxygens (including phenoxy) is 1. The number of carbonyl (C=O) groups excluding carboxylic acids is 1. The molecule has 0 aliphatic heterocycles. The van der Waals surface area contributed by atoms with Crippen molar-refractivity contribution in [3.05, 3.63) is 48.2 Å². The van der Waals surface area contributed by atoms with Crippen molar-refractivity contribution in [3.8, 4) is 5.75 Å². The lowest BCUT2D eigenvalue weighted by molar-refractivity contribution is -0.0498. The zero-order chi connectivity index (χ0) is 15.2. The smallest absolute Gasteiger partial charge is 0.387 e. The first kappa shape index (κ1) is 14.7. The van der Waals surface area contributed by atoms with Gasteiger partial charge in [-0.15, -0.1) is 0 Å². The van der Waals surface area contributed by atoms with E-state index >= 15 is 0 Å². The molecule has 0 saturated carbocycles. The minimum absolute atomic E-state index is 0.0153. The van der Waals surface area contributed by atoms with E-state index in [2.05, 4.69) is 20.5 Å². The molecule has 0 fully saturated rings. The topological polar surface area (TPSA) is 89.3 Å². The Labute approximate surface area is 118 Å². The Kier molecular flexibility index (Phi) is 4.62. The molecule has 0 aliphatic carbocycles. The average molecular weight is 294 g/mol. The zero-order valence-electron chi connectivity index (χ0n) is 10.7. The third kappa shape index (κ3) is 4.11. The number of nitrogens with zero attached hydrogens (tertiary/aromatic N) is 1. The second-order valence-electron chi connectivity index (χ2n) is 3.93. The minimum atomic E-state index is -2.88. The third-order valence-electron chi connectivity index (χ3n) is 2.51. The molecule has 1 amide bonds. The summed E-state index contributed by atoms with van der Waals surface area (Å²) in [4.78, 5) is 15.9. The van der Waals surface area contributed by atoms with Crippen molar-refractivity contribution in [2.45, 2.75) is 6.61 Å². The molecule has 0 bridgehead atoms. The minimum Gasteiger partial charge on any atom is -0.435 e. The number of carbonyl (C=O) groups is 1. The number of halogens is 2. The molecule has 0 saturated heterocycles. The Hall–Kier alpha value is -2.74. The summed E-state index contributed by atoms with van der Waals surface area (Å²) in [7, 11) is 0. The van der Waals surface area contributed by atoms with Crippen LogP contribution in [0.3, 0.4) is 0 Å². The lowest BCUT2D eigenvalue weighted by atomic mass is 10.2. The van der Waals surface area contributed by atoms with Gasteiger partial charge in [0.05, 0.1) is 0 Å². The third-order valence-corrected chi connectivity index (χ3v) is 2.51. The van der Waals surface area contributed by atoms with Crippen LogP contribution in [-0.2, 0) is 0 Å². The fraction of sp³-hybridized carbons (Fsp3) is 0.0769. The summed E-state index contributed by atoms with van der Waals surface area (Å²) in [6.07, 6.45) is 1.43. The van der Waals surface area contributed by atoms with Crippen LogP contribution in [0.1, 0.15) is 10.4 Å². The number of hydrogen-bond acceptors (Lipinski definition) is 5. The number of anilines is 2. The van der Waals surface area contributed by atoms with Crippen molar-refractivity contribution < 1.29 is 18.3 Å². The maximum atomic E-state index is 12.0. The van der Waals surface area contributed by atoms with E-state index in [9.17, 15) is 13.6 Å². The summed E-state index contributed by atoms with van der Waals surface area (Å²) in [5, 5.41) is 2.61. The van der Waals surface area contributed by atoms with E-state index in [1.165, 1.54) is 42.6 Å². The quantitative estimate of drug-likeness (QED) is 0.581. The summed E-state index contributed by atoms with van der Waals surface area (Å²) >= 11 is 0. The number of amides is 1. The molecule has 0 aliphatic rings. The Bertz CT molecular complexity index is 620. The SMILES string of the molecule is NNc1cc(C(=O)Nc2ccc(OC(F)F)cc2)ccn1. The number of nitrogens with two attached hydrogens (primary N) is 1. The lowest BCUT2D eigenvalue weighted by Crippen LogP contribution is -2.14. The number of benzene rings is 1. The van der Waals surface area contributed by atoms with Crippen molar-refractivity contribution in [2.75, 3.05) is 10.7 Å². The van der Waals surface area contributed by atoms with E-state index in [4.69, 9.17) is 5.84 Å². The molecule has 1 aromatic carbocycles. The fourth-order valence-electron chi connectivity index (χ4n) is 1.57. The predicted octanol–water partition coefficient (Wildman–Crippen LogP) is 2.22. The van der Waals surface area contributed by atoms with Crippen LogP contribution in [0.25, 0.3) is 0 Å². The molecular formula is C13H12F2N4O2. The Morgan fingerprint density at radius 2 is 1.95 bits per heavy atom. The van der Waals surface area contributed by atoms with Crippen LogP contribution in [0.5, 0.6) is 5.75 Å². The van der Waals surface area contributed by atoms with Crippen LogP contribution in [-0.4, -0.2) is 17.5 Å². The van der Waals surface area contributed by atoms with Crippen molar-refractivity contribution in [3.63, 3.8) is 0 Å². The number of nitrogens with one attached hydrogen (secondary N) is 2. The molecule has 8 heteroatoms. The number of alkyl halides is 2. The first-order chi connectivity index (χ1) is 10.1. The Morgan fingerprint density at radius 1 is 1.24 bits per heavy atom. The van der Waals surface area contributed by atoms with Gasteiger partial charge in [-0.25, -0.2) is 10.8 Å². The highest BCUT2D eigenvalue weighted by atomic mass is 19.3. The molecule has 0 atom stereocenters. The van der Waals surface area contributed by atoms with Gasteiger partial charge in [0.2, 0.25) is 0 Å². The molecule has 2 aromatic rings. The first-order valence-corrected chi connectivity index (χ1v) is 5.87. The molecule has 6 nitrogen and oxygen atoms in total. The predicted molar refractivity (Wildman–Crippen MR) is 73.1 cm³/mol. The lowest BCUT2D eigenvalue weighted by Gasteiger charge is -2.08. The second kappa shape index (κ2) is 6.62. The molecule has 0 radical (unpaired) electrons. The molecule has 110 valence electrons. The molecule has 2 rings (SSSR count). The van der Waals surface area contributed by atoms with E-state index in [1.807, 2.05) is 0 Å². The number of rotatable bonds is 5. The van der Waals surface area contributed by atoms with Crippen LogP contribution >= 0.6 is 0 Å². The van der Waals surface area contributed by atoms with E-state index in [1.54, 1.807) is 0 Å². The van der Waals surface area contributed by atoms with Crippen LogP contribution in [0, 0.1) is 0 Å². The van der Waals surface area contributed by atoms with Crippen molar-refractivity contribution in [1.82, 2.24) is 4.98 Å². The first-order valence-electron chi connectivity index (χ1n) is 5.87. The maximum Gasteiger partial charge on any atom is 0.387 e. The van der Waals surface area contributed by atoms with Crippen LogP contribution in [0.4, 0.5) is 20.3 Å². The van der Waals surface area contributed by atoms with Gasteiger partial charge in [0.25, 0.3) is 5.91 Å². The van der Waals surface area contributed by atoms with Gasteiger partial charge in [-0.2, -0.15) is 8.78 Å².